The Morgan fingerprint density at radius 3 is 2.70 bits per heavy atom. The fourth-order valence-electron chi connectivity index (χ4n) is 2.62. The standard InChI is InChI=1S/C14H20FNO3S/c15-13-7-3-4-11(8-13)10-20(18,19)16-9-14(17)12-5-1-2-6-12/h3-4,7-8,12,14,16-17H,1-2,5-6,9-10H2. The Morgan fingerprint density at radius 1 is 1.35 bits per heavy atom. The number of sulfonamides is 1. The maximum absolute atomic E-state index is 13.0. The van der Waals surface area contributed by atoms with Gasteiger partial charge >= 0.3 is 0 Å². The van der Waals surface area contributed by atoms with Gasteiger partial charge in [0, 0.05) is 6.54 Å². The van der Waals surface area contributed by atoms with Crippen LogP contribution in [0.4, 0.5) is 4.39 Å². The molecule has 1 aromatic rings. The summed E-state index contributed by atoms with van der Waals surface area (Å²) in [5, 5.41) is 9.94. The van der Waals surface area contributed by atoms with Crippen molar-refractivity contribution in [3.8, 4) is 0 Å². The van der Waals surface area contributed by atoms with Gasteiger partial charge in [0.1, 0.15) is 5.82 Å². The third-order valence-electron chi connectivity index (χ3n) is 3.70. The Bertz CT molecular complexity index is 541. The predicted octanol–water partition coefficient (Wildman–Crippen LogP) is 1.80. The lowest BCUT2D eigenvalue weighted by molar-refractivity contribution is 0.115. The van der Waals surface area contributed by atoms with Crippen molar-refractivity contribution in [2.24, 2.45) is 5.92 Å². The van der Waals surface area contributed by atoms with Crippen molar-refractivity contribution in [2.75, 3.05) is 6.54 Å². The third kappa shape index (κ3) is 4.54. The molecule has 2 rings (SSSR count). The zero-order chi connectivity index (χ0) is 14.6. The van der Waals surface area contributed by atoms with Crippen molar-refractivity contribution < 1.29 is 17.9 Å². The van der Waals surface area contributed by atoms with E-state index in [0.717, 1.165) is 25.7 Å². The Hall–Kier alpha value is -0.980. The van der Waals surface area contributed by atoms with Gasteiger partial charge in [-0.3, -0.25) is 0 Å². The van der Waals surface area contributed by atoms with Crippen molar-refractivity contribution in [2.45, 2.75) is 37.5 Å². The molecule has 1 atom stereocenters. The first-order valence-electron chi connectivity index (χ1n) is 6.86. The van der Waals surface area contributed by atoms with E-state index in [4.69, 9.17) is 0 Å². The summed E-state index contributed by atoms with van der Waals surface area (Å²) in [5.74, 6) is -0.544. The summed E-state index contributed by atoms with van der Waals surface area (Å²) in [7, 11) is -3.55. The normalized spacial score (nSPS) is 18.3. The SMILES string of the molecule is O=S(=O)(Cc1cccc(F)c1)NCC(O)C1CCCC1. The van der Waals surface area contributed by atoms with E-state index in [1.54, 1.807) is 6.07 Å². The quantitative estimate of drug-likeness (QED) is 0.842. The highest BCUT2D eigenvalue weighted by Gasteiger charge is 2.24. The largest absolute Gasteiger partial charge is 0.391 e. The molecule has 0 bridgehead atoms. The lowest BCUT2D eigenvalue weighted by Crippen LogP contribution is -2.36. The maximum atomic E-state index is 13.0. The van der Waals surface area contributed by atoms with Gasteiger partial charge in [0.2, 0.25) is 10.0 Å². The number of nitrogens with one attached hydrogen (secondary N) is 1. The zero-order valence-corrected chi connectivity index (χ0v) is 12.1. The highest BCUT2D eigenvalue weighted by atomic mass is 32.2. The Morgan fingerprint density at radius 2 is 2.05 bits per heavy atom. The minimum atomic E-state index is -3.55. The minimum Gasteiger partial charge on any atom is -0.391 e. The van der Waals surface area contributed by atoms with Gasteiger partial charge in [-0.2, -0.15) is 0 Å². The number of hydrogen-bond acceptors (Lipinski definition) is 3. The summed E-state index contributed by atoms with van der Waals surface area (Å²) in [6, 6.07) is 5.52. The Kier molecular flexibility index (Phi) is 5.12. The van der Waals surface area contributed by atoms with Crippen molar-refractivity contribution in [1.29, 1.82) is 0 Å². The molecule has 1 saturated carbocycles. The summed E-state index contributed by atoms with van der Waals surface area (Å²) in [6.07, 6.45) is 3.45. The van der Waals surface area contributed by atoms with Crippen molar-refractivity contribution in [1.82, 2.24) is 4.72 Å². The molecule has 1 aliphatic rings. The fourth-order valence-corrected chi connectivity index (χ4v) is 3.76. The van der Waals surface area contributed by atoms with E-state index < -0.39 is 21.9 Å². The second kappa shape index (κ2) is 6.65. The van der Waals surface area contributed by atoms with Gasteiger partial charge in [0.25, 0.3) is 0 Å². The van der Waals surface area contributed by atoms with Crippen LogP contribution in [0.3, 0.4) is 0 Å². The molecular formula is C14H20FNO3S. The summed E-state index contributed by atoms with van der Waals surface area (Å²) in [5.41, 5.74) is 0.396. The molecule has 0 aromatic heterocycles. The number of rotatable bonds is 6. The molecule has 0 spiro atoms. The molecule has 1 aromatic carbocycles. The molecular weight excluding hydrogens is 281 g/mol. The third-order valence-corrected chi connectivity index (χ3v) is 5.02. The highest BCUT2D eigenvalue weighted by molar-refractivity contribution is 7.88. The number of hydrogen-bond donors (Lipinski definition) is 2. The van der Waals surface area contributed by atoms with E-state index in [0.29, 0.717) is 5.56 Å². The second-order valence-corrected chi connectivity index (χ2v) is 7.16. The summed E-state index contributed by atoms with van der Waals surface area (Å²) in [6.45, 7) is 0.0301. The minimum absolute atomic E-state index is 0.0301. The Labute approximate surface area is 119 Å². The zero-order valence-electron chi connectivity index (χ0n) is 11.3. The number of benzene rings is 1. The number of aliphatic hydroxyl groups is 1. The van der Waals surface area contributed by atoms with Crippen LogP contribution in [-0.4, -0.2) is 26.2 Å². The van der Waals surface area contributed by atoms with Gasteiger partial charge < -0.3 is 5.11 Å². The van der Waals surface area contributed by atoms with Crippen LogP contribution in [-0.2, 0) is 15.8 Å². The van der Waals surface area contributed by atoms with Gasteiger partial charge in [-0.05, 0) is 36.5 Å². The first-order chi connectivity index (χ1) is 9.46. The maximum Gasteiger partial charge on any atom is 0.215 e. The molecule has 0 amide bonds. The van der Waals surface area contributed by atoms with E-state index in [1.165, 1.54) is 18.2 Å². The van der Waals surface area contributed by atoms with Gasteiger partial charge in [-0.1, -0.05) is 25.0 Å². The second-order valence-electron chi connectivity index (χ2n) is 5.35. The molecule has 0 heterocycles. The van der Waals surface area contributed by atoms with E-state index in [-0.39, 0.29) is 18.2 Å². The molecule has 0 saturated heterocycles. The summed E-state index contributed by atoms with van der Waals surface area (Å²) >= 11 is 0. The van der Waals surface area contributed by atoms with E-state index in [9.17, 15) is 17.9 Å². The van der Waals surface area contributed by atoms with E-state index >= 15 is 0 Å². The van der Waals surface area contributed by atoms with Crippen LogP contribution in [0.5, 0.6) is 0 Å². The average Bonchev–Trinajstić information content (AvgIpc) is 2.89. The molecule has 112 valence electrons. The van der Waals surface area contributed by atoms with E-state index in [1.807, 2.05) is 0 Å². The Balaban J connectivity index is 1.87. The highest BCUT2D eigenvalue weighted by Crippen LogP contribution is 2.27. The van der Waals surface area contributed by atoms with Crippen molar-refractivity contribution in [3.05, 3.63) is 35.6 Å². The van der Waals surface area contributed by atoms with Gasteiger partial charge in [-0.25, -0.2) is 17.5 Å². The summed E-state index contributed by atoms with van der Waals surface area (Å²) < 4.78 is 39.2. The van der Waals surface area contributed by atoms with Crippen LogP contribution in [0.15, 0.2) is 24.3 Å². The molecule has 1 unspecified atom stereocenters. The van der Waals surface area contributed by atoms with Crippen LogP contribution in [0.1, 0.15) is 31.2 Å². The molecule has 1 fully saturated rings. The molecule has 6 heteroatoms. The first-order valence-corrected chi connectivity index (χ1v) is 8.51. The fraction of sp³-hybridized carbons (Fsp3) is 0.571. The molecule has 0 aliphatic heterocycles. The number of halogens is 1. The van der Waals surface area contributed by atoms with Gasteiger partial charge in [0.05, 0.1) is 11.9 Å². The van der Waals surface area contributed by atoms with Crippen LogP contribution >= 0.6 is 0 Å². The molecule has 2 N–H and O–H groups in total. The van der Waals surface area contributed by atoms with E-state index in [2.05, 4.69) is 4.72 Å². The van der Waals surface area contributed by atoms with Crippen LogP contribution in [0.25, 0.3) is 0 Å². The molecule has 4 nitrogen and oxygen atoms in total. The topological polar surface area (TPSA) is 66.4 Å². The summed E-state index contributed by atoms with van der Waals surface area (Å²) in [4.78, 5) is 0. The average molecular weight is 301 g/mol. The lowest BCUT2D eigenvalue weighted by Gasteiger charge is -2.18. The number of aliphatic hydroxyl groups excluding tert-OH is 1. The smallest absolute Gasteiger partial charge is 0.215 e. The predicted molar refractivity (Wildman–Crippen MR) is 75.0 cm³/mol. The van der Waals surface area contributed by atoms with Crippen molar-refractivity contribution in [3.63, 3.8) is 0 Å². The molecule has 1 aliphatic carbocycles. The van der Waals surface area contributed by atoms with Crippen LogP contribution in [0.2, 0.25) is 0 Å². The molecule has 20 heavy (non-hydrogen) atoms. The lowest BCUT2D eigenvalue weighted by atomic mass is 10.0. The first kappa shape index (κ1) is 15.4. The van der Waals surface area contributed by atoms with Crippen molar-refractivity contribution >= 4 is 10.0 Å². The van der Waals surface area contributed by atoms with Crippen LogP contribution in [0, 0.1) is 11.7 Å². The van der Waals surface area contributed by atoms with Gasteiger partial charge in [-0.15, -0.1) is 0 Å². The molecule has 0 radical (unpaired) electrons. The van der Waals surface area contributed by atoms with Crippen LogP contribution < -0.4 is 4.72 Å². The monoisotopic (exact) mass is 301 g/mol. The van der Waals surface area contributed by atoms with Gasteiger partial charge in [0.15, 0.2) is 0 Å².